The number of benzene rings is 1. The summed E-state index contributed by atoms with van der Waals surface area (Å²) in [7, 11) is 0. The van der Waals surface area contributed by atoms with Crippen molar-refractivity contribution in [1.82, 2.24) is 14.9 Å². The molecular weight excluding hydrogens is 466 g/mol. The van der Waals surface area contributed by atoms with Gasteiger partial charge in [-0.25, -0.2) is 4.99 Å². The summed E-state index contributed by atoms with van der Waals surface area (Å²) in [5.74, 6) is 0.589. The number of ether oxygens (including phenoxy) is 2. The van der Waals surface area contributed by atoms with E-state index in [-0.39, 0.29) is 23.7 Å². The van der Waals surface area contributed by atoms with Crippen molar-refractivity contribution in [2.45, 2.75) is 56.7 Å². The monoisotopic (exact) mass is 495 g/mol. The molecule has 0 radical (unpaired) electrons. The van der Waals surface area contributed by atoms with Gasteiger partial charge in [0, 0.05) is 28.5 Å². The van der Waals surface area contributed by atoms with E-state index >= 15 is 0 Å². The average molecular weight is 496 g/mol. The lowest BCUT2D eigenvalue weighted by Gasteiger charge is -2.42. The zero-order valence-electron chi connectivity index (χ0n) is 20.1. The molecule has 3 aromatic rings. The van der Waals surface area contributed by atoms with Crippen molar-refractivity contribution < 1.29 is 14.3 Å². The van der Waals surface area contributed by atoms with Crippen LogP contribution in [0.5, 0.6) is 0 Å². The summed E-state index contributed by atoms with van der Waals surface area (Å²) in [5.41, 5.74) is 1.93. The Morgan fingerprint density at radius 2 is 2.11 bits per heavy atom. The summed E-state index contributed by atoms with van der Waals surface area (Å²) in [4.78, 5) is 28.3. The Bertz CT molecular complexity index is 1330. The number of carbonyl (C=O) groups excluding carboxylic acids is 1. The number of aliphatic imine (C=N–C) groups is 1. The molecule has 1 aliphatic carbocycles. The molecule has 2 N–H and O–H groups in total. The number of fused-ring (bicyclic) bond motifs is 3. The highest BCUT2D eigenvalue weighted by Crippen LogP contribution is 2.37. The molecule has 1 amide bonds. The second-order valence-electron chi connectivity index (χ2n) is 10.6. The van der Waals surface area contributed by atoms with Crippen molar-refractivity contribution in [3.63, 3.8) is 0 Å². The molecule has 6 rings (SSSR count). The molecule has 35 heavy (non-hydrogen) atoms. The van der Waals surface area contributed by atoms with Crippen molar-refractivity contribution in [2.75, 3.05) is 31.6 Å². The number of aromatic amines is 1. The maximum absolute atomic E-state index is 13.6. The van der Waals surface area contributed by atoms with Gasteiger partial charge in [0.15, 0.2) is 5.90 Å². The first-order valence-corrected chi connectivity index (χ1v) is 12.6. The average Bonchev–Trinajstić information content (AvgIpc) is 3.53. The lowest BCUT2D eigenvalue weighted by Crippen LogP contribution is -2.59. The standard InChI is InChI=1S/C26H30ClN5O3/c1-25(2)14-32(12-22-31-26(15-34-22)6-3-4-7-26)21(13-35-25)24(33)30-19-10-16(27)9-18-17-5-8-28-11-20(17)29-23(18)19/h5,8-11,21,29H,3-4,6-7,12-15H2,1-2H3,(H,30,33)/t21-/m0/s1. The Labute approximate surface area is 209 Å². The third-order valence-corrected chi connectivity index (χ3v) is 7.65. The fraction of sp³-hybridized carbons (Fsp3) is 0.500. The van der Waals surface area contributed by atoms with E-state index in [1.165, 1.54) is 12.8 Å². The minimum absolute atomic E-state index is 0.0498. The van der Waals surface area contributed by atoms with Crippen LogP contribution in [-0.4, -0.2) is 70.2 Å². The van der Waals surface area contributed by atoms with Gasteiger partial charge in [0.2, 0.25) is 5.91 Å². The molecule has 4 heterocycles. The van der Waals surface area contributed by atoms with Crippen molar-refractivity contribution in [3.05, 3.63) is 35.6 Å². The van der Waals surface area contributed by atoms with E-state index in [4.69, 9.17) is 26.1 Å². The highest BCUT2D eigenvalue weighted by Gasteiger charge is 2.42. The van der Waals surface area contributed by atoms with Gasteiger partial charge in [0.1, 0.15) is 12.6 Å². The van der Waals surface area contributed by atoms with Gasteiger partial charge in [0.25, 0.3) is 0 Å². The van der Waals surface area contributed by atoms with E-state index in [2.05, 4.69) is 20.2 Å². The number of halogens is 1. The van der Waals surface area contributed by atoms with E-state index in [0.29, 0.717) is 30.4 Å². The number of H-pyrrole nitrogens is 1. The molecule has 1 aromatic carbocycles. The maximum Gasteiger partial charge on any atom is 0.244 e. The number of rotatable bonds is 4. The van der Waals surface area contributed by atoms with Gasteiger partial charge in [0.05, 0.1) is 47.2 Å². The number of amides is 1. The molecule has 184 valence electrons. The number of hydrogen-bond acceptors (Lipinski definition) is 6. The highest BCUT2D eigenvalue weighted by molar-refractivity contribution is 6.33. The Morgan fingerprint density at radius 3 is 2.94 bits per heavy atom. The second kappa shape index (κ2) is 8.47. The minimum Gasteiger partial charge on any atom is -0.477 e. The second-order valence-corrected chi connectivity index (χ2v) is 11.1. The molecule has 1 spiro atoms. The number of carbonyl (C=O) groups is 1. The van der Waals surface area contributed by atoms with Crippen LogP contribution in [0.3, 0.4) is 0 Å². The third kappa shape index (κ3) is 4.28. The van der Waals surface area contributed by atoms with Crippen LogP contribution in [0.15, 0.2) is 35.6 Å². The predicted octanol–water partition coefficient (Wildman–Crippen LogP) is 4.53. The molecule has 2 aliphatic heterocycles. The fourth-order valence-electron chi connectivity index (χ4n) is 5.69. The highest BCUT2D eigenvalue weighted by atomic mass is 35.5. The Kier molecular flexibility index (Phi) is 5.51. The van der Waals surface area contributed by atoms with Crippen LogP contribution in [0, 0.1) is 0 Å². The predicted molar refractivity (Wildman–Crippen MR) is 137 cm³/mol. The van der Waals surface area contributed by atoms with Gasteiger partial charge < -0.3 is 19.8 Å². The maximum atomic E-state index is 13.6. The first-order chi connectivity index (χ1) is 16.8. The van der Waals surface area contributed by atoms with Crippen LogP contribution in [0.25, 0.3) is 21.8 Å². The number of hydrogen-bond donors (Lipinski definition) is 2. The summed E-state index contributed by atoms with van der Waals surface area (Å²) >= 11 is 6.44. The number of pyridine rings is 1. The van der Waals surface area contributed by atoms with Gasteiger partial charge >= 0.3 is 0 Å². The van der Waals surface area contributed by atoms with E-state index in [9.17, 15) is 4.79 Å². The summed E-state index contributed by atoms with van der Waals surface area (Å²) < 4.78 is 12.1. The summed E-state index contributed by atoms with van der Waals surface area (Å²) in [5, 5.41) is 5.62. The van der Waals surface area contributed by atoms with E-state index < -0.39 is 6.04 Å². The normalized spacial score (nSPS) is 23.6. The molecule has 1 atom stereocenters. The van der Waals surface area contributed by atoms with Crippen molar-refractivity contribution in [1.29, 1.82) is 0 Å². The van der Waals surface area contributed by atoms with Crippen LogP contribution >= 0.6 is 11.6 Å². The largest absolute Gasteiger partial charge is 0.477 e. The van der Waals surface area contributed by atoms with Gasteiger partial charge in [-0.1, -0.05) is 24.4 Å². The SMILES string of the molecule is CC1(C)CN(CC2=NC3(CCCC3)CO2)[C@H](C(=O)Nc2cc(Cl)cc3c2[nH]c2cnccc23)CO1. The molecule has 2 aromatic heterocycles. The molecule has 1 saturated carbocycles. The first-order valence-electron chi connectivity index (χ1n) is 12.3. The van der Waals surface area contributed by atoms with Gasteiger partial charge in [-0.05, 0) is 44.9 Å². The molecule has 1 saturated heterocycles. The zero-order valence-corrected chi connectivity index (χ0v) is 20.8. The zero-order chi connectivity index (χ0) is 24.2. The van der Waals surface area contributed by atoms with Crippen molar-refractivity contribution in [3.8, 4) is 0 Å². The molecule has 8 nitrogen and oxygen atoms in total. The van der Waals surface area contributed by atoms with E-state index in [0.717, 1.165) is 40.5 Å². The van der Waals surface area contributed by atoms with Gasteiger partial charge in [-0.2, -0.15) is 0 Å². The van der Waals surface area contributed by atoms with Crippen LogP contribution < -0.4 is 5.32 Å². The Hall–Kier alpha value is -2.68. The minimum atomic E-state index is -0.477. The molecule has 3 aliphatic rings. The molecule has 0 bridgehead atoms. The molecule has 0 unspecified atom stereocenters. The number of nitrogens with one attached hydrogen (secondary N) is 2. The van der Waals surface area contributed by atoms with Gasteiger partial charge in [-0.3, -0.25) is 14.7 Å². The quantitative estimate of drug-likeness (QED) is 0.555. The van der Waals surface area contributed by atoms with E-state index in [1.807, 2.05) is 26.0 Å². The summed E-state index contributed by atoms with van der Waals surface area (Å²) in [6.07, 6.45) is 8.09. The van der Waals surface area contributed by atoms with Crippen molar-refractivity contribution >= 4 is 50.9 Å². The van der Waals surface area contributed by atoms with Crippen LogP contribution in [0.4, 0.5) is 5.69 Å². The number of anilines is 1. The number of nitrogens with zero attached hydrogens (tertiary/aromatic N) is 3. The molecule has 2 fully saturated rings. The third-order valence-electron chi connectivity index (χ3n) is 7.43. The molecular formula is C26H30ClN5O3. The smallest absolute Gasteiger partial charge is 0.244 e. The Morgan fingerprint density at radius 1 is 1.29 bits per heavy atom. The topological polar surface area (TPSA) is 91.8 Å². The first kappa shape index (κ1) is 22.8. The fourth-order valence-corrected chi connectivity index (χ4v) is 5.90. The van der Waals surface area contributed by atoms with Crippen LogP contribution in [0.1, 0.15) is 39.5 Å². The van der Waals surface area contributed by atoms with Crippen LogP contribution in [-0.2, 0) is 14.3 Å². The molecule has 9 heteroatoms. The lowest BCUT2D eigenvalue weighted by atomic mass is 10.0. The summed E-state index contributed by atoms with van der Waals surface area (Å²) in [6, 6.07) is 5.14. The Balaban J connectivity index is 1.27. The van der Waals surface area contributed by atoms with Crippen LogP contribution in [0.2, 0.25) is 5.02 Å². The number of morpholine rings is 1. The van der Waals surface area contributed by atoms with Crippen molar-refractivity contribution in [2.24, 2.45) is 4.99 Å². The number of aromatic nitrogens is 2. The lowest BCUT2D eigenvalue weighted by molar-refractivity contribution is -0.141. The van der Waals surface area contributed by atoms with E-state index in [1.54, 1.807) is 18.5 Å². The van der Waals surface area contributed by atoms with Gasteiger partial charge in [-0.15, -0.1) is 0 Å². The summed E-state index contributed by atoms with van der Waals surface area (Å²) in [6.45, 7) is 6.13.